The van der Waals surface area contributed by atoms with Crippen molar-refractivity contribution in [2.45, 2.75) is 32.7 Å². The van der Waals surface area contributed by atoms with Gasteiger partial charge in [-0.2, -0.15) is 0 Å². The molecular weight excluding hydrogens is 264 g/mol. The molecule has 0 bridgehead atoms. The Morgan fingerprint density at radius 3 is 2.52 bits per heavy atom. The first-order valence-corrected chi connectivity index (χ1v) is 7.37. The molecule has 0 spiro atoms. The highest BCUT2D eigenvalue weighted by Crippen LogP contribution is 2.16. The standard InChI is InChI=1S/C17H22N2O2/c1-3-4-13-21-17(20)18-14(2)15-7-9-16(10-8-15)19-11-5-6-12-19/h5-12,14H,3-4,13H2,1-2H3,(H,18,20). The second-order valence-corrected chi connectivity index (χ2v) is 5.04. The fourth-order valence-corrected chi connectivity index (χ4v) is 2.05. The summed E-state index contributed by atoms with van der Waals surface area (Å²) in [5.74, 6) is 0. The van der Waals surface area contributed by atoms with Crippen molar-refractivity contribution >= 4 is 6.09 Å². The number of hydrogen-bond acceptors (Lipinski definition) is 2. The molecule has 2 aromatic rings. The van der Waals surface area contributed by atoms with E-state index >= 15 is 0 Å². The molecule has 21 heavy (non-hydrogen) atoms. The molecule has 0 saturated heterocycles. The van der Waals surface area contributed by atoms with E-state index in [1.165, 1.54) is 0 Å². The number of aromatic nitrogens is 1. The average molecular weight is 286 g/mol. The van der Waals surface area contributed by atoms with Gasteiger partial charge in [0.25, 0.3) is 0 Å². The van der Waals surface area contributed by atoms with Crippen LogP contribution in [-0.2, 0) is 4.74 Å². The van der Waals surface area contributed by atoms with Crippen molar-refractivity contribution in [3.05, 3.63) is 54.4 Å². The Kier molecular flexibility index (Phi) is 5.43. The number of nitrogens with zero attached hydrogens (tertiary/aromatic N) is 1. The lowest BCUT2D eigenvalue weighted by atomic mass is 10.1. The second-order valence-electron chi connectivity index (χ2n) is 5.04. The van der Waals surface area contributed by atoms with Crippen molar-refractivity contribution in [3.8, 4) is 5.69 Å². The summed E-state index contributed by atoms with van der Waals surface area (Å²) in [6, 6.07) is 12.0. The predicted molar refractivity (Wildman–Crippen MR) is 83.6 cm³/mol. The smallest absolute Gasteiger partial charge is 0.407 e. The lowest BCUT2D eigenvalue weighted by molar-refractivity contribution is 0.141. The Labute approximate surface area is 125 Å². The van der Waals surface area contributed by atoms with Crippen molar-refractivity contribution in [2.24, 2.45) is 0 Å². The number of carbonyl (C=O) groups excluding carboxylic acids is 1. The Balaban J connectivity index is 1.90. The molecule has 0 aliphatic rings. The normalized spacial score (nSPS) is 11.9. The third-order valence-electron chi connectivity index (χ3n) is 3.36. The average Bonchev–Trinajstić information content (AvgIpc) is 3.02. The van der Waals surface area contributed by atoms with Crippen LogP contribution in [0.25, 0.3) is 5.69 Å². The number of nitrogens with one attached hydrogen (secondary N) is 1. The number of rotatable bonds is 6. The van der Waals surface area contributed by atoms with Crippen molar-refractivity contribution in [1.29, 1.82) is 0 Å². The highest BCUT2D eigenvalue weighted by atomic mass is 16.5. The maximum atomic E-state index is 11.6. The van der Waals surface area contributed by atoms with Gasteiger partial charge in [0.2, 0.25) is 0 Å². The first-order chi connectivity index (χ1) is 10.2. The largest absolute Gasteiger partial charge is 0.450 e. The molecule has 0 aliphatic carbocycles. The Morgan fingerprint density at radius 2 is 1.90 bits per heavy atom. The fourth-order valence-electron chi connectivity index (χ4n) is 2.05. The fraction of sp³-hybridized carbons (Fsp3) is 0.353. The summed E-state index contributed by atoms with van der Waals surface area (Å²) >= 11 is 0. The van der Waals surface area contributed by atoms with Crippen molar-refractivity contribution in [2.75, 3.05) is 6.61 Å². The van der Waals surface area contributed by atoms with E-state index in [2.05, 4.69) is 12.2 Å². The molecule has 1 aromatic carbocycles. The van der Waals surface area contributed by atoms with E-state index in [1.807, 2.05) is 60.3 Å². The molecular formula is C17H22N2O2. The van der Waals surface area contributed by atoms with Crippen LogP contribution in [0.1, 0.15) is 38.3 Å². The zero-order chi connectivity index (χ0) is 15.1. The van der Waals surface area contributed by atoms with E-state index < -0.39 is 0 Å². The van der Waals surface area contributed by atoms with E-state index in [9.17, 15) is 4.79 Å². The van der Waals surface area contributed by atoms with E-state index in [1.54, 1.807) is 0 Å². The third-order valence-corrected chi connectivity index (χ3v) is 3.36. The summed E-state index contributed by atoms with van der Waals surface area (Å²) in [6.45, 7) is 4.49. The van der Waals surface area contributed by atoms with Gasteiger partial charge in [0, 0.05) is 18.1 Å². The first kappa shape index (κ1) is 15.2. The van der Waals surface area contributed by atoms with Gasteiger partial charge in [-0.15, -0.1) is 0 Å². The zero-order valence-electron chi connectivity index (χ0n) is 12.6. The molecule has 1 N–H and O–H groups in total. The van der Waals surface area contributed by atoms with Gasteiger partial charge in [0.15, 0.2) is 0 Å². The van der Waals surface area contributed by atoms with Gasteiger partial charge >= 0.3 is 6.09 Å². The zero-order valence-corrected chi connectivity index (χ0v) is 12.6. The molecule has 4 nitrogen and oxygen atoms in total. The predicted octanol–water partition coefficient (Wildman–Crippen LogP) is 4.06. The van der Waals surface area contributed by atoms with E-state index in [4.69, 9.17) is 4.74 Å². The van der Waals surface area contributed by atoms with Crippen LogP contribution in [0.2, 0.25) is 0 Å². The minimum absolute atomic E-state index is 0.0714. The summed E-state index contributed by atoms with van der Waals surface area (Å²) in [5.41, 5.74) is 2.15. The highest BCUT2D eigenvalue weighted by molar-refractivity contribution is 5.67. The van der Waals surface area contributed by atoms with Crippen molar-refractivity contribution in [1.82, 2.24) is 9.88 Å². The minimum Gasteiger partial charge on any atom is -0.450 e. The Morgan fingerprint density at radius 1 is 1.24 bits per heavy atom. The molecule has 0 radical (unpaired) electrons. The maximum absolute atomic E-state index is 11.6. The number of amides is 1. The molecule has 0 fully saturated rings. The molecule has 112 valence electrons. The van der Waals surface area contributed by atoms with E-state index in [0.29, 0.717) is 6.61 Å². The quantitative estimate of drug-likeness (QED) is 0.814. The Hall–Kier alpha value is -2.23. The molecule has 0 saturated carbocycles. The van der Waals surface area contributed by atoms with Crippen LogP contribution in [0.4, 0.5) is 4.79 Å². The number of carbonyl (C=O) groups is 1. The van der Waals surface area contributed by atoms with Gasteiger partial charge in [-0.1, -0.05) is 25.5 Å². The van der Waals surface area contributed by atoms with Gasteiger partial charge in [-0.25, -0.2) is 4.79 Å². The summed E-state index contributed by atoms with van der Waals surface area (Å²) in [7, 11) is 0. The number of alkyl carbamates (subject to hydrolysis) is 1. The van der Waals surface area contributed by atoms with Crippen LogP contribution in [-0.4, -0.2) is 17.3 Å². The summed E-state index contributed by atoms with van der Waals surface area (Å²) in [4.78, 5) is 11.6. The van der Waals surface area contributed by atoms with Crippen LogP contribution >= 0.6 is 0 Å². The SMILES string of the molecule is CCCCOC(=O)NC(C)c1ccc(-n2cccc2)cc1. The van der Waals surface area contributed by atoms with Crippen LogP contribution < -0.4 is 5.32 Å². The number of hydrogen-bond donors (Lipinski definition) is 1. The maximum Gasteiger partial charge on any atom is 0.407 e. The van der Waals surface area contributed by atoms with Gasteiger partial charge < -0.3 is 14.6 Å². The molecule has 0 aliphatic heterocycles. The van der Waals surface area contributed by atoms with Crippen molar-refractivity contribution in [3.63, 3.8) is 0 Å². The summed E-state index contributed by atoms with van der Waals surface area (Å²) < 4.78 is 7.15. The second kappa shape index (κ2) is 7.53. The molecule has 1 aromatic heterocycles. The lowest BCUT2D eigenvalue weighted by Gasteiger charge is -2.15. The highest BCUT2D eigenvalue weighted by Gasteiger charge is 2.10. The molecule has 1 unspecified atom stereocenters. The molecule has 1 amide bonds. The lowest BCUT2D eigenvalue weighted by Crippen LogP contribution is -2.27. The van der Waals surface area contributed by atoms with Gasteiger partial charge in [-0.3, -0.25) is 0 Å². The molecule has 1 atom stereocenters. The monoisotopic (exact) mass is 286 g/mol. The number of unbranched alkanes of at least 4 members (excludes halogenated alkanes) is 1. The number of benzene rings is 1. The minimum atomic E-state index is -0.356. The van der Waals surface area contributed by atoms with Crippen molar-refractivity contribution < 1.29 is 9.53 Å². The molecule has 2 rings (SSSR count). The topological polar surface area (TPSA) is 43.3 Å². The molecule has 1 heterocycles. The number of ether oxygens (including phenoxy) is 1. The molecule has 4 heteroatoms. The van der Waals surface area contributed by atoms with Gasteiger partial charge in [0.05, 0.1) is 12.6 Å². The van der Waals surface area contributed by atoms with E-state index in [-0.39, 0.29) is 12.1 Å². The van der Waals surface area contributed by atoms with E-state index in [0.717, 1.165) is 24.1 Å². The van der Waals surface area contributed by atoms with Crippen LogP contribution in [0.15, 0.2) is 48.8 Å². The van der Waals surface area contributed by atoms with Crippen LogP contribution in [0.5, 0.6) is 0 Å². The third kappa shape index (κ3) is 4.38. The van der Waals surface area contributed by atoms with Gasteiger partial charge in [0.1, 0.15) is 0 Å². The van der Waals surface area contributed by atoms with Crippen LogP contribution in [0, 0.1) is 0 Å². The van der Waals surface area contributed by atoms with Gasteiger partial charge in [-0.05, 0) is 43.2 Å². The van der Waals surface area contributed by atoms with Crippen LogP contribution in [0.3, 0.4) is 0 Å². The first-order valence-electron chi connectivity index (χ1n) is 7.37. The summed E-state index contributed by atoms with van der Waals surface area (Å²) in [5, 5.41) is 2.84. The summed E-state index contributed by atoms with van der Waals surface area (Å²) in [6.07, 6.45) is 5.56. The Bertz CT molecular complexity index is 547.